The van der Waals surface area contributed by atoms with Gasteiger partial charge in [-0.1, -0.05) is 6.92 Å². The first kappa shape index (κ1) is 15.4. The van der Waals surface area contributed by atoms with Gasteiger partial charge < -0.3 is 20.1 Å². The van der Waals surface area contributed by atoms with Crippen LogP contribution in [0.1, 0.15) is 32.6 Å². The van der Waals surface area contributed by atoms with E-state index in [1.807, 2.05) is 6.92 Å². The maximum absolute atomic E-state index is 11.1. The largest absolute Gasteiger partial charge is 0.480 e. The second-order valence-corrected chi connectivity index (χ2v) is 4.91. The molecule has 1 fully saturated rings. The van der Waals surface area contributed by atoms with Crippen LogP contribution >= 0.6 is 0 Å². The summed E-state index contributed by atoms with van der Waals surface area (Å²) in [4.78, 5) is 13.4. The molecular weight excluding hydrogens is 232 g/mol. The van der Waals surface area contributed by atoms with Crippen molar-refractivity contribution in [2.24, 2.45) is 0 Å². The number of carbonyl (C=O) groups is 1. The molecule has 5 nitrogen and oxygen atoms in total. The smallest absolute Gasteiger partial charge is 0.320 e. The third kappa shape index (κ3) is 5.33. The topological polar surface area (TPSA) is 61.8 Å². The average molecular weight is 258 g/mol. The zero-order valence-corrected chi connectivity index (χ0v) is 11.5. The molecule has 0 radical (unpaired) electrons. The molecule has 0 bridgehead atoms. The summed E-state index contributed by atoms with van der Waals surface area (Å²) in [6, 6.07) is -0.412. The number of piperidine rings is 1. The van der Waals surface area contributed by atoms with Crippen LogP contribution in [-0.4, -0.2) is 61.4 Å². The molecule has 0 aromatic carbocycles. The standard InChI is InChI=1S/C13H26N2O3/c1-3-7-14-12(13(16)17)6-10-15-8-4-11(18-2)5-9-15/h11-12,14H,3-10H2,1-2H3,(H,16,17). The highest BCUT2D eigenvalue weighted by Crippen LogP contribution is 2.13. The lowest BCUT2D eigenvalue weighted by Gasteiger charge is -2.31. The number of rotatable bonds is 8. The van der Waals surface area contributed by atoms with Crippen LogP contribution in [-0.2, 0) is 9.53 Å². The minimum atomic E-state index is -0.741. The normalized spacial score (nSPS) is 19.9. The summed E-state index contributed by atoms with van der Waals surface area (Å²) in [5, 5.41) is 12.2. The minimum absolute atomic E-state index is 0.384. The monoisotopic (exact) mass is 258 g/mol. The number of ether oxygens (including phenoxy) is 1. The Kier molecular flexibility index (Phi) is 7.23. The second-order valence-electron chi connectivity index (χ2n) is 4.91. The third-order valence-corrected chi connectivity index (χ3v) is 3.54. The highest BCUT2D eigenvalue weighted by Gasteiger charge is 2.21. The van der Waals surface area contributed by atoms with Crippen LogP contribution in [0.3, 0.4) is 0 Å². The lowest BCUT2D eigenvalue weighted by Crippen LogP contribution is -2.42. The van der Waals surface area contributed by atoms with Crippen molar-refractivity contribution >= 4 is 5.97 Å². The number of hydrogen-bond acceptors (Lipinski definition) is 4. The van der Waals surface area contributed by atoms with Gasteiger partial charge in [0.05, 0.1) is 6.10 Å². The summed E-state index contributed by atoms with van der Waals surface area (Å²) in [5.41, 5.74) is 0. The molecule has 0 saturated carbocycles. The first-order chi connectivity index (χ1) is 8.67. The quantitative estimate of drug-likeness (QED) is 0.678. The van der Waals surface area contributed by atoms with Crippen LogP contribution in [0, 0.1) is 0 Å². The molecule has 0 amide bonds. The van der Waals surface area contributed by atoms with Crippen molar-refractivity contribution in [1.29, 1.82) is 0 Å². The highest BCUT2D eigenvalue weighted by molar-refractivity contribution is 5.73. The van der Waals surface area contributed by atoms with Gasteiger partial charge in [-0.25, -0.2) is 0 Å². The molecule has 0 spiro atoms. The third-order valence-electron chi connectivity index (χ3n) is 3.54. The van der Waals surface area contributed by atoms with Gasteiger partial charge in [0, 0.05) is 26.7 Å². The number of carboxylic acids is 1. The molecule has 1 rings (SSSR count). The number of nitrogens with zero attached hydrogens (tertiary/aromatic N) is 1. The summed E-state index contributed by atoms with van der Waals surface area (Å²) < 4.78 is 5.32. The molecule has 0 aromatic heterocycles. The summed E-state index contributed by atoms with van der Waals surface area (Å²) in [6.45, 7) is 5.69. The van der Waals surface area contributed by atoms with Crippen molar-refractivity contribution in [3.05, 3.63) is 0 Å². The summed E-state index contributed by atoms with van der Waals surface area (Å²) >= 11 is 0. The molecule has 1 unspecified atom stereocenters. The van der Waals surface area contributed by atoms with Crippen molar-refractivity contribution < 1.29 is 14.6 Å². The maximum Gasteiger partial charge on any atom is 0.320 e. The summed E-state index contributed by atoms with van der Waals surface area (Å²) in [6.07, 6.45) is 4.12. The fourth-order valence-electron chi connectivity index (χ4n) is 2.31. The Balaban J connectivity index is 2.23. The Bertz CT molecular complexity index is 240. The van der Waals surface area contributed by atoms with E-state index in [0.29, 0.717) is 12.5 Å². The van der Waals surface area contributed by atoms with E-state index in [1.54, 1.807) is 7.11 Å². The van der Waals surface area contributed by atoms with E-state index >= 15 is 0 Å². The van der Waals surface area contributed by atoms with Crippen LogP contribution in [0.5, 0.6) is 0 Å². The van der Waals surface area contributed by atoms with Crippen molar-refractivity contribution in [3.8, 4) is 0 Å². The number of hydrogen-bond donors (Lipinski definition) is 2. The molecule has 0 aliphatic carbocycles. The zero-order valence-electron chi connectivity index (χ0n) is 11.5. The van der Waals surface area contributed by atoms with Crippen LogP contribution < -0.4 is 5.32 Å². The second kappa shape index (κ2) is 8.45. The van der Waals surface area contributed by atoms with Crippen LogP contribution in [0.25, 0.3) is 0 Å². The van der Waals surface area contributed by atoms with Gasteiger partial charge in [0.1, 0.15) is 6.04 Å². The van der Waals surface area contributed by atoms with Gasteiger partial charge in [-0.05, 0) is 32.2 Å². The SMILES string of the molecule is CCCNC(CCN1CCC(OC)CC1)C(=O)O. The average Bonchev–Trinajstić information content (AvgIpc) is 2.39. The first-order valence-corrected chi connectivity index (χ1v) is 6.88. The van der Waals surface area contributed by atoms with E-state index in [-0.39, 0.29) is 0 Å². The van der Waals surface area contributed by atoms with Crippen molar-refractivity contribution in [2.45, 2.75) is 44.8 Å². The molecule has 1 saturated heterocycles. The minimum Gasteiger partial charge on any atom is -0.480 e. The van der Waals surface area contributed by atoms with E-state index in [2.05, 4.69) is 10.2 Å². The number of aliphatic carboxylic acids is 1. The van der Waals surface area contributed by atoms with Crippen LogP contribution in [0.2, 0.25) is 0 Å². The fourth-order valence-corrected chi connectivity index (χ4v) is 2.31. The predicted octanol–water partition coefficient (Wildman–Crippen LogP) is 0.940. The van der Waals surface area contributed by atoms with E-state index in [9.17, 15) is 4.79 Å². The molecule has 106 valence electrons. The van der Waals surface area contributed by atoms with Gasteiger partial charge in [-0.15, -0.1) is 0 Å². The van der Waals surface area contributed by atoms with Crippen molar-refractivity contribution in [1.82, 2.24) is 10.2 Å². The Morgan fingerprint density at radius 1 is 1.50 bits per heavy atom. The van der Waals surface area contributed by atoms with Crippen LogP contribution in [0.15, 0.2) is 0 Å². The molecule has 5 heteroatoms. The van der Waals surface area contributed by atoms with Crippen LogP contribution in [0.4, 0.5) is 0 Å². The lowest BCUT2D eigenvalue weighted by molar-refractivity contribution is -0.139. The molecule has 1 aliphatic rings. The predicted molar refractivity (Wildman–Crippen MR) is 70.8 cm³/mol. The highest BCUT2D eigenvalue weighted by atomic mass is 16.5. The number of nitrogens with one attached hydrogen (secondary N) is 1. The van der Waals surface area contributed by atoms with Crippen molar-refractivity contribution in [2.75, 3.05) is 33.3 Å². The van der Waals surface area contributed by atoms with E-state index in [1.165, 1.54) is 0 Å². The molecule has 1 atom stereocenters. The summed E-state index contributed by atoms with van der Waals surface area (Å²) in [5.74, 6) is -0.741. The number of methoxy groups -OCH3 is 1. The summed E-state index contributed by atoms with van der Waals surface area (Å²) in [7, 11) is 1.76. The molecule has 1 aliphatic heterocycles. The van der Waals surface area contributed by atoms with E-state index in [4.69, 9.17) is 9.84 Å². The molecule has 18 heavy (non-hydrogen) atoms. The molecular formula is C13H26N2O3. The molecule has 1 heterocycles. The number of likely N-dealkylation sites (tertiary alicyclic amines) is 1. The van der Waals surface area contributed by atoms with Gasteiger partial charge in [-0.2, -0.15) is 0 Å². The van der Waals surface area contributed by atoms with E-state index in [0.717, 1.165) is 45.4 Å². The molecule has 2 N–H and O–H groups in total. The van der Waals surface area contributed by atoms with E-state index < -0.39 is 12.0 Å². The van der Waals surface area contributed by atoms with Crippen molar-refractivity contribution in [3.63, 3.8) is 0 Å². The fraction of sp³-hybridized carbons (Fsp3) is 0.923. The van der Waals surface area contributed by atoms with Gasteiger partial charge >= 0.3 is 5.97 Å². The Labute approximate surface area is 109 Å². The molecule has 0 aromatic rings. The zero-order chi connectivity index (χ0) is 13.4. The first-order valence-electron chi connectivity index (χ1n) is 6.88. The van der Waals surface area contributed by atoms with Gasteiger partial charge in [0.15, 0.2) is 0 Å². The lowest BCUT2D eigenvalue weighted by atomic mass is 10.1. The Hall–Kier alpha value is -0.650. The van der Waals surface area contributed by atoms with Gasteiger partial charge in [-0.3, -0.25) is 4.79 Å². The maximum atomic E-state index is 11.1. The Morgan fingerprint density at radius 2 is 2.17 bits per heavy atom. The Morgan fingerprint density at radius 3 is 2.67 bits per heavy atom. The van der Waals surface area contributed by atoms with Gasteiger partial charge in [0.2, 0.25) is 0 Å². The van der Waals surface area contributed by atoms with Gasteiger partial charge in [0.25, 0.3) is 0 Å². The number of carboxylic acid groups (broad SMARTS) is 1.